The lowest BCUT2D eigenvalue weighted by Gasteiger charge is -2.20. The van der Waals surface area contributed by atoms with Gasteiger partial charge in [-0.2, -0.15) is 4.31 Å². The first-order valence-corrected chi connectivity index (χ1v) is 9.91. The molecule has 25 heavy (non-hydrogen) atoms. The predicted molar refractivity (Wildman–Crippen MR) is 97.8 cm³/mol. The van der Waals surface area contributed by atoms with Crippen molar-refractivity contribution in [2.75, 3.05) is 12.8 Å². The summed E-state index contributed by atoms with van der Waals surface area (Å²) in [5, 5.41) is 3.38. The lowest BCUT2D eigenvalue weighted by molar-refractivity contribution is -0.121. The van der Waals surface area contributed by atoms with Crippen molar-refractivity contribution in [3.63, 3.8) is 0 Å². The highest BCUT2D eigenvalue weighted by Gasteiger charge is 2.20. The number of sulfonamides is 1. The fraction of sp³-hybridized carbons (Fsp3) is 0.250. The second-order valence-corrected chi connectivity index (χ2v) is 8.21. The third-order valence-corrected chi connectivity index (χ3v) is 5.28. The third-order valence-electron chi connectivity index (χ3n) is 3.34. The summed E-state index contributed by atoms with van der Waals surface area (Å²) in [7, 11) is -3.58. The van der Waals surface area contributed by atoms with Crippen molar-refractivity contribution in [2.45, 2.75) is 13.1 Å². The topological polar surface area (TPSA) is 79.4 Å². The van der Waals surface area contributed by atoms with E-state index >= 15 is 0 Å². The SMILES string of the molecule is CS(=O)(=O)N(CC(=O)NCc1cccnc1)Cc1ccc(Cl)c(Cl)c1. The molecule has 6 nitrogen and oxygen atoms in total. The van der Waals surface area contributed by atoms with Crippen LogP contribution in [0.25, 0.3) is 0 Å². The van der Waals surface area contributed by atoms with Crippen molar-refractivity contribution in [3.05, 3.63) is 63.9 Å². The number of hydrogen-bond donors (Lipinski definition) is 1. The third kappa shape index (κ3) is 6.28. The number of nitrogens with zero attached hydrogens (tertiary/aromatic N) is 2. The van der Waals surface area contributed by atoms with Crippen molar-refractivity contribution in [3.8, 4) is 0 Å². The molecule has 1 heterocycles. The maximum Gasteiger partial charge on any atom is 0.235 e. The van der Waals surface area contributed by atoms with E-state index in [0.29, 0.717) is 15.6 Å². The minimum Gasteiger partial charge on any atom is -0.351 e. The highest BCUT2D eigenvalue weighted by molar-refractivity contribution is 7.88. The summed E-state index contributed by atoms with van der Waals surface area (Å²) < 4.78 is 25.0. The predicted octanol–water partition coefficient (Wildman–Crippen LogP) is 2.47. The summed E-state index contributed by atoms with van der Waals surface area (Å²) >= 11 is 11.8. The summed E-state index contributed by atoms with van der Waals surface area (Å²) in [6.07, 6.45) is 4.32. The minimum atomic E-state index is -3.58. The van der Waals surface area contributed by atoms with Crippen LogP contribution in [0.5, 0.6) is 0 Å². The molecule has 0 aliphatic heterocycles. The molecule has 1 amide bonds. The Morgan fingerprint density at radius 1 is 1.20 bits per heavy atom. The van der Waals surface area contributed by atoms with E-state index in [0.717, 1.165) is 16.1 Å². The van der Waals surface area contributed by atoms with Crippen LogP contribution in [0.15, 0.2) is 42.7 Å². The van der Waals surface area contributed by atoms with E-state index in [2.05, 4.69) is 10.3 Å². The van der Waals surface area contributed by atoms with Gasteiger partial charge >= 0.3 is 0 Å². The lowest BCUT2D eigenvalue weighted by atomic mass is 10.2. The summed E-state index contributed by atoms with van der Waals surface area (Å²) in [6.45, 7) is 0.00637. The standard InChI is InChI=1S/C16H17Cl2N3O3S/c1-25(23,24)21(10-12-4-5-14(17)15(18)7-12)11-16(22)20-9-13-3-2-6-19-8-13/h2-8H,9-11H2,1H3,(H,20,22). The van der Waals surface area contributed by atoms with E-state index in [1.165, 1.54) is 0 Å². The second kappa shape index (κ2) is 8.62. The molecule has 0 saturated carbocycles. The van der Waals surface area contributed by atoms with Crippen LogP contribution in [0.4, 0.5) is 0 Å². The molecule has 0 spiro atoms. The van der Waals surface area contributed by atoms with Crippen LogP contribution in [0.2, 0.25) is 10.0 Å². The second-order valence-electron chi connectivity index (χ2n) is 5.42. The fourth-order valence-electron chi connectivity index (χ4n) is 2.05. The monoisotopic (exact) mass is 401 g/mol. The van der Waals surface area contributed by atoms with Gasteiger partial charge < -0.3 is 5.32 Å². The number of aromatic nitrogens is 1. The summed E-state index contributed by atoms with van der Waals surface area (Å²) in [4.78, 5) is 16.1. The minimum absolute atomic E-state index is 0.0238. The maximum atomic E-state index is 12.1. The van der Waals surface area contributed by atoms with E-state index in [9.17, 15) is 13.2 Å². The number of nitrogens with one attached hydrogen (secondary N) is 1. The number of hydrogen-bond acceptors (Lipinski definition) is 4. The highest BCUT2D eigenvalue weighted by Crippen LogP contribution is 2.23. The molecule has 0 radical (unpaired) electrons. The molecule has 0 aliphatic carbocycles. The van der Waals surface area contributed by atoms with E-state index in [1.54, 1.807) is 36.7 Å². The average Bonchev–Trinajstić information content (AvgIpc) is 2.56. The average molecular weight is 402 g/mol. The Balaban J connectivity index is 2.02. The van der Waals surface area contributed by atoms with E-state index in [-0.39, 0.29) is 19.6 Å². The smallest absolute Gasteiger partial charge is 0.235 e. The maximum absolute atomic E-state index is 12.1. The Hall–Kier alpha value is -1.67. The van der Waals surface area contributed by atoms with Gasteiger partial charge in [0.1, 0.15) is 0 Å². The normalized spacial score (nSPS) is 11.5. The first-order valence-electron chi connectivity index (χ1n) is 7.30. The summed E-state index contributed by atoms with van der Waals surface area (Å²) in [5.74, 6) is -0.408. The first-order chi connectivity index (χ1) is 11.8. The van der Waals surface area contributed by atoms with Crippen molar-refractivity contribution in [2.24, 2.45) is 0 Å². The number of benzene rings is 1. The van der Waals surface area contributed by atoms with Gasteiger partial charge in [-0.3, -0.25) is 9.78 Å². The summed E-state index contributed by atoms with van der Waals surface area (Å²) in [5.41, 5.74) is 1.46. The number of rotatable bonds is 7. The summed E-state index contributed by atoms with van der Waals surface area (Å²) in [6, 6.07) is 8.41. The van der Waals surface area contributed by atoms with Gasteiger partial charge in [-0.25, -0.2) is 8.42 Å². The molecule has 2 rings (SSSR count). The largest absolute Gasteiger partial charge is 0.351 e. The molecule has 1 aromatic carbocycles. The van der Waals surface area contributed by atoms with E-state index < -0.39 is 15.9 Å². The molecule has 1 aromatic heterocycles. The van der Waals surface area contributed by atoms with Crippen LogP contribution in [0.3, 0.4) is 0 Å². The van der Waals surface area contributed by atoms with Crippen LogP contribution in [0.1, 0.15) is 11.1 Å². The Kier molecular flexibility index (Phi) is 6.78. The van der Waals surface area contributed by atoms with Gasteiger partial charge in [0, 0.05) is 25.5 Å². The highest BCUT2D eigenvalue weighted by atomic mass is 35.5. The van der Waals surface area contributed by atoms with Crippen LogP contribution < -0.4 is 5.32 Å². The molecule has 9 heteroatoms. The molecular formula is C16H17Cl2N3O3S. The Morgan fingerprint density at radius 2 is 1.96 bits per heavy atom. The molecule has 2 aromatic rings. The van der Waals surface area contributed by atoms with Crippen molar-refractivity contribution in [1.82, 2.24) is 14.6 Å². The van der Waals surface area contributed by atoms with Crippen LogP contribution in [-0.2, 0) is 27.9 Å². The van der Waals surface area contributed by atoms with E-state index in [4.69, 9.17) is 23.2 Å². The molecule has 1 N–H and O–H groups in total. The Morgan fingerprint density at radius 3 is 2.56 bits per heavy atom. The lowest BCUT2D eigenvalue weighted by Crippen LogP contribution is -2.39. The molecule has 0 atom stereocenters. The van der Waals surface area contributed by atoms with Gasteiger partial charge in [0.05, 0.1) is 22.8 Å². The van der Waals surface area contributed by atoms with Crippen LogP contribution >= 0.6 is 23.2 Å². The number of pyridine rings is 1. The molecule has 0 aliphatic rings. The molecule has 0 bridgehead atoms. The van der Waals surface area contributed by atoms with Crippen LogP contribution in [0, 0.1) is 0 Å². The molecule has 0 unspecified atom stereocenters. The zero-order valence-electron chi connectivity index (χ0n) is 13.4. The quantitative estimate of drug-likeness (QED) is 0.772. The zero-order valence-corrected chi connectivity index (χ0v) is 15.8. The number of carbonyl (C=O) groups is 1. The molecule has 134 valence electrons. The Bertz CT molecular complexity index is 845. The first kappa shape index (κ1) is 19.7. The molecule has 0 saturated heterocycles. The fourth-order valence-corrected chi connectivity index (χ4v) is 3.11. The molecule has 0 fully saturated rings. The number of carbonyl (C=O) groups excluding carboxylic acids is 1. The van der Waals surface area contributed by atoms with Crippen LogP contribution in [-0.4, -0.2) is 36.4 Å². The van der Waals surface area contributed by atoms with Crippen molar-refractivity contribution in [1.29, 1.82) is 0 Å². The molecular weight excluding hydrogens is 385 g/mol. The number of halogens is 2. The zero-order chi connectivity index (χ0) is 18.4. The van der Waals surface area contributed by atoms with Crippen molar-refractivity contribution >= 4 is 39.1 Å². The van der Waals surface area contributed by atoms with Gasteiger partial charge in [-0.15, -0.1) is 0 Å². The van der Waals surface area contributed by atoms with Gasteiger partial charge in [0.25, 0.3) is 0 Å². The van der Waals surface area contributed by atoms with E-state index in [1.807, 2.05) is 6.07 Å². The Labute approximate surface area is 156 Å². The number of amides is 1. The van der Waals surface area contributed by atoms with Crippen molar-refractivity contribution < 1.29 is 13.2 Å². The van der Waals surface area contributed by atoms with Gasteiger partial charge in [-0.05, 0) is 29.3 Å². The van der Waals surface area contributed by atoms with Gasteiger partial charge in [-0.1, -0.05) is 35.3 Å². The van der Waals surface area contributed by atoms with Gasteiger partial charge in [0.2, 0.25) is 15.9 Å². The van der Waals surface area contributed by atoms with Gasteiger partial charge in [0.15, 0.2) is 0 Å².